The van der Waals surface area contributed by atoms with Crippen LogP contribution in [0.15, 0.2) is 42.5 Å². The maximum Gasteiger partial charge on any atom is 0.265 e. The van der Waals surface area contributed by atoms with Crippen LogP contribution in [0.3, 0.4) is 0 Å². The Bertz CT molecular complexity index is 534. The van der Waals surface area contributed by atoms with Crippen LogP contribution in [-0.2, 0) is 0 Å². The van der Waals surface area contributed by atoms with Crippen molar-refractivity contribution in [3.8, 4) is 0 Å². The molecule has 2 aromatic carbocycles. The summed E-state index contributed by atoms with van der Waals surface area (Å²) < 4.78 is 0. The normalized spacial score (nSPS) is 10.8. The van der Waals surface area contributed by atoms with Gasteiger partial charge in [0.1, 0.15) is 0 Å². The van der Waals surface area contributed by atoms with Crippen molar-refractivity contribution in [1.82, 2.24) is 10.9 Å². The van der Waals surface area contributed by atoms with Crippen LogP contribution < -0.4 is 10.9 Å². The molecule has 0 saturated carbocycles. The summed E-state index contributed by atoms with van der Waals surface area (Å²) in [6, 6.07) is 13.9. The van der Waals surface area contributed by atoms with E-state index in [1.165, 1.54) is 0 Å². The Morgan fingerprint density at radius 1 is 1.06 bits per heavy atom. The van der Waals surface area contributed by atoms with Gasteiger partial charge in [-0.15, -0.1) is 0 Å². The van der Waals surface area contributed by atoms with Gasteiger partial charge < -0.3 is 0 Å². The summed E-state index contributed by atoms with van der Waals surface area (Å²) in [7, 11) is 0. The lowest BCUT2D eigenvalue weighted by Gasteiger charge is -2.10. The van der Waals surface area contributed by atoms with E-state index in [-0.39, 0.29) is 11.9 Å². The fourth-order valence-corrected chi connectivity index (χ4v) is 1.61. The van der Waals surface area contributed by atoms with Gasteiger partial charge in [0.05, 0.1) is 0 Å². The zero-order valence-electron chi connectivity index (χ0n) is 10.0. The van der Waals surface area contributed by atoms with Gasteiger partial charge in [0, 0.05) is 11.6 Å². The van der Waals surface area contributed by atoms with E-state index in [0.717, 1.165) is 10.8 Å². The molecule has 2 rings (SSSR count). The minimum atomic E-state index is -0.107. The lowest BCUT2D eigenvalue weighted by Crippen LogP contribution is -2.41. The zero-order valence-corrected chi connectivity index (χ0v) is 10.0. The molecule has 3 heteroatoms. The number of carbonyl (C=O) groups is 1. The highest BCUT2D eigenvalue weighted by molar-refractivity contribution is 5.98. The first-order chi connectivity index (χ1) is 8.16. The van der Waals surface area contributed by atoms with E-state index in [1.807, 2.05) is 56.3 Å². The van der Waals surface area contributed by atoms with Crippen molar-refractivity contribution >= 4 is 16.7 Å². The number of fused-ring (bicyclic) bond motifs is 1. The van der Waals surface area contributed by atoms with Crippen LogP contribution >= 0.6 is 0 Å². The predicted octanol–water partition coefficient (Wildman–Crippen LogP) is 2.48. The van der Waals surface area contributed by atoms with E-state index in [1.54, 1.807) is 0 Å². The van der Waals surface area contributed by atoms with Gasteiger partial charge in [-0.05, 0) is 36.8 Å². The topological polar surface area (TPSA) is 41.1 Å². The van der Waals surface area contributed by atoms with E-state index < -0.39 is 0 Å². The number of nitrogens with one attached hydrogen (secondary N) is 2. The molecule has 0 aliphatic carbocycles. The monoisotopic (exact) mass is 228 g/mol. The van der Waals surface area contributed by atoms with Gasteiger partial charge in [0.25, 0.3) is 5.91 Å². The van der Waals surface area contributed by atoms with Crippen LogP contribution in [-0.4, -0.2) is 11.9 Å². The van der Waals surface area contributed by atoms with Gasteiger partial charge in [-0.25, -0.2) is 5.43 Å². The third-order valence-electron chi connectivity index (χ3n) is 2.49. The molecule has 2 aromatic rings. The molecular formula is C14H16N2O. The summed E-state index contributed by atoms with van der Waals surface area (Å²) in [5.74, 6) is -0.107. The Morgan fingerprint density at radius 2 is 1.76 bits per heavy atom. The van der Waals surface area contributed by atoms with Gasteiger partial charge >= 0.3 is 0 Å². The zero-order chi connectivity index (χ0) is 12.3. The lowest BCUT2D eigenvalue weighted by atomic mass is 10.1. The molecule has 0 atom stereocenters. The van der Waals surface area contributed by atoms with Gasteiger partial charge in [-0.1, -0.05) is 30.3 Å². The third-order valence-corrected chi connectivity index (χ3v) is 2.49. The van der Waals surface area contributed by atoms with E-state index in [2.05, 4.69) is 10.9 Å². The highest BCUT2D eigenvalue weighted by atomic mass is 16.2. The Morgan fingerprint density at radius 3 is 2.47 bits per heavy atom. The lowest BCUT2D eigenvalue weighted by molar-refractivity contribution is 0.0928. The predicted molar refractivity (Wildman–Crippen MR) is 69.7 cm³/mol. The minimum Gasteiger partial charge on any atom is -0.287 e. The summed E-state index contributed by atoms with van der Waals surface area (Å²) >= 11 is 0. The molecule has 1 amide bonds. The first-order valence-corrected chi connectivity index (χ1v) is 5.71. The molecule has 17 heavy (non-hydrogen) atoms. The molecule has 0 radical (unpaired) electrons. The Balaban J connectivity index is 2.21. The quantitative estimate of drug-likeness (QED) is 0.792. The molecule has 0 heterocycles. The molecule has 2 N–H and O–H groups in total. The van der Waals surface area contributed by atoms with Crippen LogP contribution in [0.25, 0.3) is 10.8 Å². The maximum atomic E-state index is 11.8. The van der Waals surface area contributed by atoms with E-state index in [4.69, 9.17) is 0 Å². The Labute approximate surface area is 101 Å². The van der Waals surface area contributed by atoms with Crippen molar-refractivity contribution in [2.24, 2.45) is 0 Å². The smallest absolute Gasteiger partial charge is 0.265 e. The second kappa shape index (κ2) is 4.97. The minimum absolute atomic E-state index is 0.107. The second-order valence-electron chi connectivity index (χ2n) is 4.32. The summed E-state index contributed by atoms with van der Waals surface area (Å²) in [5, 5.41) is 2.21. The van der Waals surface area contributed by atoms with Crippen LogP contribution in [0.2, 0.25) is 0 Å². The number of amides is 1. The van der Waals surface area contributed by atoms with E-state index in [9.17, 15) is 4.79 Å². The van der Waals surface area contributed by atoms with Gasteiger partial charge in [0.15, 0.2) is 0 Å². The van der Waals surface area contributed by atoms with Crippen LogP contribution in [0.5, 0.6) is 0 Å². The van der Waals surface area contributed by atoms with E-state index >= 15 is 0 Å². The fraction of sp³-hybridized carbons (Fsp3) is 0.214. The summed E-state index contributed by atoms with van der Waals surface area (Å²) in [4.78, 5) is 11.8. The number of benzene rings is 2. The molecule has 0 saturated heterocycles. The average molecular weight is 228 g/mol. The molecule has 0 fully saturated rings. The maximum absolute atomic E-state index is 11.8. The molecule has 0 aliphatic rings. The highest BCUT2D eigenvalue weighted by Gasteiger charge is 2.05. The highest BCUT2D eigenvalue weighted by Crippen LogP contribution is 2.15. The van der Waals surface area contributed by atoms with Crippen LogP contribution in [0, 0.1) is 0 Å². The largest absolute Gasteiger partial charge is 0.287 e. The fourth-order valence-electron chi connectivity index (χ4n) is 1.61. The van der Waals surface area contributed by atoms with Gasteiger partial charge in [0.2, 0.25) is 0 Å². The van der Waals surface area contributed by atoms with Crippen molar-refractivity contribution in [3.05, 3.63) is 48.0 Å². The van der Waals surface area contributed by atoms with Crippen LogP contribution in [0.1, 0.15) is 24.2 Å². The van der Waals surface area contributed by atoms with Gasteiger partial charge in [-0.2, -0.15) is 0 Å². The molecule has 0 aromatic heterocycles. The summed E-state index contributed by atoms with van der Waals surface area (Å²) in [6.07, 6.45) is 0. The van der Waals surface area contributed by atoms with Crippen molar-refractivity contribution in [2.45, 2.75) is 19.9 Å². The molecule has 3 nitrogen and oxygen atoms in total. The first kappa shape index (κ1) is 11.6. The Kier molecular flexibility index (Phi) is 3.40. The first-order valence-electron chi connectivity index (χ1n) is 5.71. The molecule has 88 valence electrons. The molecule has 0 spiro atoms. The Hall–Kier alpha value is -1.87. The SMILES string of the molecule is CC(C)NNC(=O)c1ccc2ccccc2c1. The van der Waals surface area contributed by atoms with E-state index in [0.29, 0.717) is 5.56 Å². The molecule has 0 unspecified atom stereocenters. The summed E-state index contributed by atoms with van der Waals surface area (Å²) in [5.41, 5.74) is 6.23. The number of hydrazine groups is 1. The number of carbonyl (C=O) groups excluding carboxylic acids is 1. The summed E-state index contributed by atoms with van der Waals surface area (Å²) in [6.45, 7) is 3.95. The number of hydrogen-bond acceptors (Lipinski definition) is 2. The molecule has 0 aliphatic heterocycles. The third kappa shape index (κ3) is 2.82. The standard InChI is InChI=1S/C14H16N2O/c1-10(2)15-16-14(17)13-8-7-11-5-3-4-6-12(11)9-13/h3-10,15H,1-2H3,(H,16,17). The molecule has 0 bridgehead atoms. The van der Waals surface area contributed by atoms with Crippen molar-refractivity contribution < 1.29 is 4.79 Å². The van der Waals surface area contributed by atoms with Crippen LogP contribution in [0.4, 0.5) is 0 Å². The van der Waals surface area contributed by atoms with Crippen molar-refractivity contribution in [3.63, 3.8) is 0 Å². The number of hydrogen-bond donors (Lipinski definition) is 2. The average Bonchev–Trinajstić information content (AvgIpc) is 2.35. The van der Waals surface area contributed by atoms with Crippen molar-refractivity contribution in [1.29, 1.82) is 0 Å². The van der Waals surface area contributed by atoms with Crippen molar-refractivity contribution in [2.75, 3.05) is 0 Å². The van der Waals surface area contributed by atoms with Gasteiger partial charge in [-0.3, -0.25) is 10.2 Å². The number of rotatable bonds is 3. The molecular weight excluding hydrogens is 212 g/mol. The second-order valence-corrected chi connectivity index (χ2v) is 4.32.